The minimum absolute atomic E-state index is 0.0435. The van der Waals surface area contributed by atoms with Gasteiger partial charge in [0.1, 0.15) is 11.5 Å². The molecule has 0 aliphatic heterocycles. The van der Waals surface area contributed by atoms with E-state index in [1.807, 2.05) is 54.6 Å². The van der Waals surface area contributed by atoms with Gasteiger partial charge in [-0.3, -0.25) is 4.79 Å². The van der Waals surface area contributed by atoms with Crippen molar-refractivity contribution in [2.45, 2.75) is 6.54 Å². The van der Waals surface area contributed by atoms with E-state index in [9.17, 15) is 9.90 Å². The van der Waals surface area contributed by atoms with E-state index in [2.05, 4.69) is 10.1 Å². The fourth-order valence-corrected chi connectivity index (χ4v) is 3.41. The Hall–Kier alpha value is -3.55. The van der Waals surface area contributed by atoms with E-state index >= 15 is 0 Å². The molecule has 0 atom stereocenters. The maximum absolute atomic E-state index is 12.7. The van der Waals surface area contributed by atoms with Crippen molar-refractivity contribution < 1.29 is 19.2 Å². The summed E-state index contributed by atoms with van der Waals surface area (Å²) in [5, 5.41) is 13.6. The van der Waals surface area contributed by atoms with E-state index in [1.54, 1.807) is 7.05 Å². The Morgan fingerprint density at radius 1 is 1.03 bits per heavy atom. The van der Waals surface area contributed by atoms with Crippen molar-refractivity contribution in [2.75, 3.05) is 7.05 Å². The Bertz CT molecular complexity index is 1220. The number of carbonyl (C=O) groups is 1. The SMILES string of the molecule is CN(Cc1ccc(Oc2ccccc2)cc1)C(=O)c1nc(-c2cc(Cl)c(O)c(Cl)c2)no1. The number of aromatic hydroxyl groups is 1. The first kappa shape index (κ1) is 21.7. The third-order valence-corrected chi connectivity index (χ3v) is 5.13. The molecule has 9 heteroatoms. The first-order valence-corrected chi connectivity index (χ1v) is 10.3. The summed E-state index contributed by atoms with van der Waals surface area (Å²) in [5.41, 5.74) is 1.32. The number of ether oxygens (including phenoxy) is 1. The molecule has 0 radical (unpaired) electrons. The molecule has 0 fully saturated rings. The van der Waals surface area contributed by atoms with Crippen LogP contribution in [-0.4, -0.2) is 33.1 Å². The third-order valence-electron chi connectivity index (χ3n) is 4.55. The average molecular weight is 470 g/mol. The van der Waals surface area contributed by atoms with Gasteiger partial charge < -0.3 is 19.3 Å². The quantitative estimate of drug-likeness (QED) is 0.383. The first-order chi connectivity index (χ1) is 15.4. The van der Waals surface area contributed by atoms with Gasteiger partial charge >= 0.3 is 11.8 Å². The average Bonchev–Trinajstić information content (AvgIpc) is 3.29. The molecule has 4 rings (SSSR count). The monoisotopic (exact) mass is 469 g/mol. The van der Waals surface area contributed by atoms with Gasteiger partial charge in [0.05, 0.1) is 10.0 Å². The Labute approximate surface area is 193 Å². The van der Waals surface area contributed by atoms with Crippen molar-refractivity contribution in [3.63, 3.8) is 0 Å². The fourth-order valence-electron chi connectivity index (χ4n) is 2.92. The smallest absolute Gasteiger partial charge is 0.316 e. The molecule has 7 nitrogen and oxygen atoms in total. The van der Waals surface area contributed by atoms with E-state index in [1.165, 1.54) is 17.0 Å². The lowest BCUT2D eigenvalue weighted by molar-refractivity contribution is 0.0735. The maximum atomic E-state index is 12.7. The van der Waals surface area contributed by atoms with E-state index in [0.29, 0.717) is 17.9 Å². The standard InChI is InChI=1S/C23H17Cl2N3O4/c1-28(13-14-7-9-17(10-8-14)31-16-5-3-2-4-6-16)23(30)22-26-21(27-32-22)15-11-18(24)20(29)19(25)12-15/h2-12,29H,13H2,1H3. The zero-order valence-electron chi connectivity index (χ0n) is 16.8. The topological polar surface area (TPSA) is 88.7 Å². The zero-order valence-corrected chi connectivity index (χ0v) is 18.3. The second-order valence-corrected chi connectivity index (χ2v) is 7.75. The van der Waals surface area contributed by atoms with Gasteiger partial charge in [-0.05, 0) is 42.0 Å². The molecule has 0 bridgehead atoms. The minimum atomic E-state index is -0.440. The second-order valence-electron chi connectivity index (χ2n) is 6.93. The van der Waals surface area contributed by atoms with E-state index in [4.69, 9.17) is 32.5 Å². The summed E-state index contributed by atoms with van der Waals surface area (Å²) in [6.45, 7) is 0.332. The first-order valence-electron chi connectivity index (χ1n) is 9.50. The number of aromatic nitrogens is 2. The van der Waals surface area contributed by atoms with Gasteiger partial charge in [0.15, 0.2) is 5.75 Å². The van der Waals surface area contributed by atoms with Crippen LogP contribution in [0.2, 0.25) is 10.0 Å². The molecular weight excluding hydrogens is 453 g/mol. The highest BCUT2D eigenvalue weighted by Crippen LogP contribution is 2.35. The normalized spacial score (nSPS) is 10.7. The van der Waals surface area contributed by atoms with Crippen LogP contribution in [0.4, 0.5) is 0 Å². The minimum Gasteiger partial charge on any atom is -0.505 e. The van der Waals surface area contributed by atoms with Crippen LogP contribution >= 0.6 is 23.2 Å². The Morgan fingerprint density at radius 3 is 2.31 bits per heavy atom. The van der Waals surface area contributed by atoms with Crippen LogP contribution in [0.3, 0.4) is 0 Å². The highest BCUT2D eigenvalue weighted by Gasteiger charge is 2.21. The molecule has 0 spiro atoms. The number of phenolic OH excluding ortho intramolecular Hbond substituents is 1. The number of phenols is 1. The van der Waals surface area contributed by atoms with Crippen LogP contribution in [0.15, 0.2) is 71.3 Å². The Kier molecular flexibility index (Phi) is 6.30. The molecule has 4 aromatic rings. The summed E-state index contributed by atoms with van der Waals surface area (Å²) in [6, 6.07) is 19.8. The Balaban J connectivity index is 1.42. The van der Waals surface area contributed by atoms with Crippen molar-refractivity contribution in [1.82, 2.24) is 15.0 Å². The number of hydrogen-bond donors (Lipinski definition) is 1. The molecule has 1 heterocycles. The Morgan fingerprint density at radius 2 is 1.66 bits per heavy atom. The van der Waals surface area contributed by atoms with Crippen LogP contribution in [0, 0.1) is 0 Å². The summed E-state index contributed by atoms with van der Waals surface area (Å²) >= 11 is 11.9. The van der Waals surface area contributed by atoms with Gasteiger partial charge in [-0.25, -0.2) is 0 Å². The van der Waals surface area contributed by atoms with Crippen molar-refractivity contribution >= 4 is 29.1 Å². The van der Waals surface area contributed by atoms with Gasteiger partial charge in [0.2, 0.25) is 5.82 Å². The zero-order chi connectivity index (χ0) is 22.7. The van der Waals surface area contributed by atoms with Crippen molar-refractivity contribution in [3.8, 4) is 28.6 Å². The van der Waals surface area contributed by atoms with Gasteiger partial charge in [-0.1, -0.05) is 58.7 Å². The lowest BCUT2D eigenvalue weighted by Gasteiger charge is -2.15. The number of rotatable bonds is 6. The van der Waals surface area contributed by atoms with Crippen molar-refractivity contribution in [2.24, 2.45) is 0 Å². The molecule has 1 N–H and O–H groups in total. The number of benzene rings is 3. The van der Waals surface area contributed by atoms with Gasteiger partial charge in [0, 0.05) is 19.2 Å². The molecule has 32 heavy (non-hydrogen) atoms. The van der Waals surface area contributed by atoms with Gasteiger partial charge in [-0.15, -0.1) is 0 Å². The van der Waals surface area contributed by atoms with Crippen LogP contribution in [-0.2, 0) is 6.54 Å². The van der Waals surface area contributed by atoms with Gasteiger partial charge in [0.25, 0.3) is 0 Å². The summed E-state index contributed by atoms with van der Waals surface area (Å²) in [6.07, 6.45) is 0. The van der Waals surface area contributed by atoms with Crippen molar-refractivity contribution in [3.05, 3.63) is 88.2 Å². The molecular formula is C23H17Cl2N3O4. The van der Waals surface area contributed by atoms with Crippen molar-refractivity contribution in [1.29, 1.82) is 0 Å². The molecule has 0 saturated heterocycles. The van der Waals surface area contributed by atoms with E-state index in [0.717, 1.165) is 11.3 Å². The molecule has 162 valence electrons. The van der Waals surface area contributed by atoms with Crippen LogP contribution in [0.5, 0.6) is 17.2 Å². The summed E-state index contributed by atoms with van der Waals surface area (Å²) in [4.78, 5) is 18.3. The summed E-state index contributed by atoms with van der Waals surface area (Å²) in [7, 11) is 1.63. The highest BCUT2D eigenvalue weighted by atomic mass is 35.5. The lowest BCUT2D eigenvalue weighted by Crippen LogP contribution is -2.26. The molecule has 0 unspecified atom stereocenters. The summed E-state index contributed by atoms with van der Waals surface area (Å²) in [5.74, 6) is 0.721. The third kappa shape index (κ3) is 4.85. The van der Waals surface area contributed by atoms with Crippen LogP contribution in [0.25, 0.3) is 11.4 Å². The molecule has 1 amide bonds. The van der Waals surface area contributed by atoms with Crippen LogP contribution in [0.1, 0.15) is 16.2 Å². The maximum Gasteiger partial charge on any atom is 0.316 e. The largest absolute Gasteiger partial charge is 0.505 e. The second kappa shape index (κ2) is 9.30. The molecule has 0 saturated carbocycles. The van der Waals surface area contributed by atoms with Gasteiger partial charge in [-0.2, -0.15) is 4.98 Å². The number of para-hydroxylation sites is 1. The summed E-state index contributed by atoms with van der Waals surface area (Å²) < 4.78 is 10.9. The molecule has 0 aliphatic rings. The number of nitrogens with zero attached hydrogens (tertiary/aromatic N) is 3. The van der Waals surface area contributed by atoms with Crippen LogP contribution < -0.4 is 4.74 Å². The molecule has 0 aliphatic carbocycles. The number of hydrogen-bond acceptors (Lipinski definition) is 6. The van der Waals surface area contributed by atoms with E-state index in [-0.39, 0.29) is 27.5 Å². The molecule has 3 aromatic carbocycles. The van der Waals surface area contributed by atoms with E-state index < -0.39 is 5.91 Å². The molecule has 1 aromatic heterocycles. The number of halogens is 2. The number of amides is 1. The predicted molar refractivity (Wildman–Crippen MR) is 120 cm³/mol. The number of carbonyl (C=O) groups excluding carboxylic acids is 1. The predicted octanol–water partition coefficient (Wildman–Crippen LogP) is 5.81. The lowest BCUT2D eigenvalue weighted by atomic mass is 10.2. The fraction of sp³-hybridized carbons (Fsp3) is 0.0870. The highest BCUT2D eigenvalue weighted by molar-refractivity contribution is 6.37.